The number of sulfone groups is 1. The molecule has 0 atom stereocenters. The zero-order valence-electron chi connectivity index (χ0n) is 12.9. The van der Waals surface area contributed by atoms with E-state index in [2.05, 4.69) is 4.98 Å². The van der Waals surface area contributed by atoms with Crippen molar-refractivity contribution in [2.45, 2.75) is 4.90 Å². The Morgan fingerprint density at radius 2 is 1.83 bits per heavy atom. The number of halogens is 2. The van der Waals surface area contributed by atoms with Crippen LogP contribution in [0.25, 0.3) is 11.1 Å². The lowest BCUT2D eigenvalue weighted by Crippen LogP contribution is -2.09. The molecule has 2 rings (SSSR count). The summed E-state index contributed by atoms with van der Waals surface area (Å²) in [6, 6.07) is 9.29. The predicted molar refractivity (Wildman–Crippen MR) is 98.2 cm³/mol. The van der Waals surface area contributed by atoms with Crippen molar-refractivity contribution in [2.75, 3.05) is 19.0 Å². The molecule has 0 heterocycles. The Morgan fingerprint density at radius 1 is 1.12 bits per heavy atom. The number of nitrogens with zero attached hydrogens (tertiary/aromatic N) is 3. The molecule has 0 amide bonds. The maximum absolute atomic E-state index is 12.6. The molecule has 24 heavy (non-hydrogen) atoms. The Bertz CT molecular complexity index is 948. The van der Waals surface area contributed by atoms with Crippen LogP contribution >= 0.6 is 23.2 Å². The number of rotatable bonds is 4. The van der Waals surface area contributed by atoms with Gasteiger partial charge in [-0.1, -0.05) is 29.3 Å². The molecule has 5 nitrogen and oxygen atoms in total. The molecule has 0 aromatic heterocycles. The molecule has 2 aromatic rings. The highest BCUT2D eigenvalue weighted by molar-refractivity contribution is 7.94. The minimum Gasteiger partial charge on any atom is -0.378 e. The molecule has 0 aliphatic rings. The van der Waals surface area contributed by atoms with Crippen LogP contribution in [0.5, 0.6) is 0 Å². The van der Waals surface area contributed by atoms with Gasteiger partial charge < -0.3 is 4.90 Å². The number of hydrogen-bond acceptors (Lipinski definition) is 4. The van der Waals surface area contributed by atoms with E-state index in [9.17, 15) is 8.42 Å². The number of benzene rings is 2. The van der Waals surface area contributed by atoms with E-state index in [1.165, 1.54) is 24.3 Å². The average Bonchev–Trinajstić information content (AvgIpc) is 2.53. The highest BCUT2D eigenvalue weighted by atomic mass is 35.5. The molecule has 0 saturated carbocycles. The van der Waals surface area contributed by atoms with E-state index in [4.69, 9.17) is 28.6 Å². The van der Waals surface area contributed by atoms with Crippen molar-refractivity contribution in [1.82, 2.24) is 0 Å². The first kappa shape index (κ1) is 18.3. The van der Waals surface area contributed by atoms with Gasteiger partial charge in [-0.25, -0.2) is 8.42 Å². The molecule has 0 aliphatic carbocycles. The Labute approximate surface area is 150 Å². The van der Waals surface area contributed by atoms with Gasteiger partial charge in [-0.2, -0.15) is 0 Å². The van der Waals surface area contributed by atoms with Crippen molar-refractivity contribution < 1.29 is 8.42 Å². The van der Waals surface area contributed by atoms with Gasteiger partial charge in [0.2, 0.25) is 15.2 Å². The molecule has 124 valence electrons. The number of diazo groups is 1. The fourth-order valence-corrected chi connectivity index (χ4v) is 3.59. The first-order chi connectivity index (χ1) is 11.2. The molecule has 0 bridgehead atoms. The summed E-state index contributed by atoms with van der Waals surface area (Å²) in [4.78, 5) is 4.70. The molecule has 8 heteroatoms. The van der Waals surface area contributed by atoms with Crippen LogP contribution in [0, 0.1) is 5.39 Å². The minimum absolute atomic E-state index is 0.0348. The second kappa shape index (κ2) is 7.22. The van der Waals surface area contributed by atoms with Crippen LogP contribution in [0.3, 0.4) is 0 Å². The second-order valence-corrected chi connectivity index (χ2v) is 7.81. The van der Waals surface area contributed by atoms with Gasteiger partial charge in [0.05, 0.1) is 0 Å². The summed E-state index contributed by atoms with van der Waals surface area (Å²) in [7, 11) is -0.272. The van der Waals surface area contributed by atoms with E-state index in [-0.39, 0.29) is 10.6 Å². The molecular formula is C16H14Cl2N3O2S+. The van der Waals surface area contributed by atoms with E-state index in [1.54, 1.807) is 37.2 Å². The standard InChI is InChI=1S/C16H14Cl2N3O2S/c1-21(2)13-5-6-15(20-19)16(10-13)24(22,23)8-7-11-3-4-12(17)9-14(11)18/h3-10H,1-2H3/q+1/b8-7-. The maximum atomic E-state index is 12.6. The van der Waals surface area contributed by atoms with E-state index >= 15 is 0 Å². The van der Waals surface area contributed by atoms with Crippen molar-refractivity contribution in [1.29, 1.82) is 5.39 Å². The van der Waals surface area contributed by atoms with Crippen molar-refractivity contribution in [3.05, 3.63) is 62.4 Å². The van der Waals surface area contributed by atoms with Gasteiger partial charge in [0.15, 0.2) is 9.87 Å². The van der Waals surface area contributed by atoms with Gasteiger partial charge in [-0.3, -0.25) is 0 Å². The Kier molecular flexibility index (Phi) is 5.50. The smallest absolute Gasteiger partial charge is 0.378 e. The van der Waals surface area contributed by atoms with Gasteiger partial charge in [-0.15, -0.1) is 0 Å². The Hall–Kier alpha value is -2.07. The fourth-order valence-electron chi connectivity index (χ4n) is 1.96. The summed E-state index contributed by atoms with van der Waals surface area (Å²) in [5.74, 6) is 0. The van der Waals surface area contributed by atoms with Gasteiger partial charge in [0.1, 0.15) is 0 Å². The summed E-state index contributed by atoms with van der Waals surface area (Å²) in [5, 5.41) is 10.9. The van der Waals surface area contributed by atoms with Crippen molar-refractivity contribution >= 4 is 50.5 Å². The summed E-state index contributed by atoms with van der Waals surface area (Å²) in [6.07, 6.45) is 1.37. The Morgan fingerprint density at radius 3 is 2.42 bits per heavy atom. The van der Waals surface area contributed by atoms with Gasteiger partial charge in [0.25, 0.3) is 0 Å². The quantitative estimate of drug-likeness (QED) is 0.698. The van der Waals surface area contributed by atoms with E-state index < -0.39 is 9.84 Å². The molecule has 2 aromatic carbocycles. The normalized spacial score (nSPS) is 11.5. The Balaban J connectivity index is 2.49. The highest BCUT2D eigenvalue weighted by Crippen LogP contribution is 2.31. The van der Waals surface area contributed by atoms with Crippen LogP contribution in [0.2, 0.25) is 10.0 Å². The van der Waals surface area contributed by atoms with Crippen molar-refractivity contribution in [3.63, 3.8) is 0 Å². The number of anilines is 1. The van der Waals surface area contributed by atoms with Crippen LogP contribution in [0.15, 0.2) is 46.7 Å². The van der Waals surface area contributed by atoms with Crippen molar-refractivity contribution in [3.8, 4) is 0 Å². The summed E-state index contributed by atoms with van der Waals surface area (Å²) in [6.45, 7) is 0. The van der Waals surface area contributed by atoms with Crippen LogP contribution in [-0.4, -0.2) is 22.5 Å². The maximum Gasteiger partial charge on any atom is 0.404 e. The molecule has 0 N–H and O–H groups in total. The third-order valence-electron chi connectivity index (χ3n) is 3.26. The molecule has 0 fully saturated rings. The topological polar surface area (TPSA) is 65.5 Å². The molecular weight excluding hydrogens is 369 g/mol. The molecule has 0 spiro atoms. The summed E-state index contributed by atoms with van der Waals surface area (Å²) >= 11 is 11.9. The van der Waals surface area contributed by atoms with Gasteiger partial charge >= 0.3 is 5.69 Å². The minimum atomic E-state index is -3.84. The first-order valence-electron chi connectivity index (χ1n) is 6.79. The molecule has 0 saturated heterocycles. The zero-order valence-corrected chi connectivity index (χ0v) is 15.3. The fraction of sp³-hybridized carbons (Fsp3) is 0.125. The predicted octanol–water partition coefficient (Wildman–Crippen LogP) is 4.99. The lowest BCUT2D eigenvalue weighted by Gasteiger charge is -2.12. The van der Waals surface area contributed by atoms with Gasteiger partial charge in [-0.05, 0) is 35.9 Å². The first-order valence-corrected chi connectivity index (χ1v) is 9.09. The average molecular weight is 383 g/mol. The third kappa shape index (κ3) is 4.06. The monoisotopic (exact) mass is 382 g/mol. The largest absolute Gasteiger partial charge is 0.404 e. The van der Waals surface area contributed by atoms with Crippen LogP contribution in [0.1, 0.15) is 5.56 Å². The summed E-state index contributed by atoms with van der Waals surface area (Å²) in [5.41, 5.74) is 1.14. The lowest BCUT2D eigenvalue weighted by molar-refractivity contribution is 0.605. The number of hydrogen-bond donors (Lipinski definition) is 0. The lowest BCUT2D eigenvalue weighted by atomic mass is 10.2. The summed E-state index contributed by atoms with van der Waals surface area (Å²) < 4.78 is 25.2. The van der Waals surface area contributed by atoms with Crippen molar-refractivity contribution in [2.24, 2.45) is 0 Å². The van der Waals surface area contributed by atoms with E-state index in [1.807, 2.05) is 0 Å². The van der Waals surface area contributed by atoms with Gasteiger partial charge in [0, 0.05) is 41.3 Å². The van der Waals surface area contributed by atoms with Crippen LogP contribution in [-0.2, 0) is 9.84 Å². The van der Waals surface area contributed by atoms with E-state index in [0.29, 0.717) is 21.3 Å². The molecule has 0 unspecified atom stereocenters. The highest BCUT2D eigenvalue weighted by Gasteiger charge is 2.25. The zero-order chi connectivity index (χ0) is 17.9. The SMILES string of the molecule is CN(C)c1ccc([N+]#N)c(S(=O)(=O)/C=C\c2ccc(Cl)cc2Cl)c1. The van der Waals surface area contributed by atoms with E-state index in [0.717, 1.165) is 5.41 Å². The molecule has 0 aliphatic heterocycles. The van der Waals surface area contributed by atoms with Crippen LogP contribution < -0.4 is 4.90 Å². The molecule has 0 radical (unpaired) electrons. The third-order valence-corrected chi connectivity index (χ3v) is 5.26. The second-order valence-electron chi connectivity index (χ2n) is 5.16. The van der Waals surface area contributed by atoms with Crippen LogP contribution in [0.4, 0.5) is 11.4 Å².